The molecule has 144 valence electrons. The number of anilines is 2. The Morgan fingerprint density at radius 3 is 2.59 bits per heavy atom. The van der Waals surface area contributed by atoms with Crippen LogP contribution in [0.2, 0.25) is 5.02 Å². The number of pyridine rings is 2. The lowest BCUT2D eigenvalue weighted by Crippen LogP contribution is -2.46. The number of halogens is 4. The standard InChI is InChI=1S/C17H17ClF3N5S/c18-14-8-11(17(19,20)21)9-23-15(14)26-6-3-12(4-7-26)24-16(27)25-13-2-1-5-22-10-13/h1-2,5,8-10,12H,3-4,6-7H2,(H2,24,25,27). The van der Waals surface area contributed by atoms with Gasteiger partial charge in [-0.1, -0.05) is 11.6 Å². The minimum absolute atomic E-state index is 0.00463. The first-order chi connectivity index (χ1) is 12.8. The SMILES string of the molecule is FC(F)(F)c1cnc(N2CCC(NC(=S)Nc3cccnc3)CC2)c(Cl)c1. The molecule has 0 aliphatic carbocycles. The van der Waals surface area contributed by atoms with Crippen LogP contribution in [-0.2, 0) is 6.18 Å². The van der Waals surface area contributed by atoms with Crippen LogP contribution in [0, 0.1) is 0 Å². The summed E-state index contributed by atoms with van der Waals surface area (Å²) in [7, 11) is 0. The van der Waals surface area contributed by atoms with Gasteiger partial charge in [0, 0.05) is 31.5 Å². The van der Waals surface area contributed by atoms with Crippen LogP contribution in [0.5, 0.6) is 0 Å². The molecule has 27 heavy (non-hydrogen) atoms. The molecule has 0 atom stereocenters. The number of rotatable bonds is 3. The van der Waals surface area contributed by atoms with Gasteiger partial charge in [0.1, 0.15) is 5.82 Å². The zero-order chi connectivity index (χ0) is 19.4. The van der Waals surface area contributed by atoms with Gasteiger partial charge in [-0.3, -0.25) is 4.98 Å². The summed E-state index contributed by atoms with van der Waals surface area (Å²) in [6.07, 6.45) is 1.23. The van der Waals surface area contributed by atoms with E-state index in [1.165, 1.54) is 0 Å². The first kappa shape index (κ1) is 19.6. The van der Waals surface area contributed by atoms with Crippen LogP contribution >= 0.6 is 23.8 Å². The van der Waals surface area contributed by atoms with Crippen molar-refractivity contribution in [3.63, 3.8) is 0 Å². The van der Waals surface area contributed by atoms with Crippen molar-refractivity contribution in [3.05, 3.63) is 47.4 Å². The van der Waals surface area contributed by atoms with Crippen LogP contribution in [-0.4, -0.2) is 34.2 Å². The molecule has 2 aromatic heterocycles. The van der Waals surface area contributed by atoms with Crippen LogP contribution in [0.15, 0.2) is 36.8 Å². The van der Waals surface area contributed by atoms with Crippen molar-refractivity contribution in [1.29, 1.82) is 0 Å². The van der Waals surface area contributed by atoms with E-state index in [9.17, 15) is 13.2 Å². The van der Waals surface area contributed by atoms with Crippen molar-refractivity contribution in [2.75, 3.05) is 23.3 Å². The molecule has 0 radical (unpaired) electrons. The smallest absolute Gasteiger partial charge is 0.360 e. The third kappa shape index (κ3) is 5.20. The fourth-order valence-electron chi connectivity index (χ4n) is 2.84. The molecule has 0 unspecified atom stereocenters. The summed E-state index contributed by atoms with van der Waals surface area (Å²) in [5.41, 5.74) is -0.0483. The predicted octanol–water partition coefficient (Wildman–Crippen LogP) is 4.10. The van der Waals surface area contributed by atoms with Crippen molar-refractivity contribution in [1.82, 2.24) is 15.3 Å². The van der Waals surface area contributed by atoms with Crippen LogP contribution in [0.4, 0.5) is 24.7 Å². The maximum atomic E-state index is 12.7. The van der Waals surface area contributed by atoms with Gasteiger partial charge < -0.3 is 15.5 Å². The second kappa shape index (κ2) is 8.26. The van der Waals surface area contributed by atoms with Gasteiger partial charge in [-0.25, -0.2) is 4.98 Å². The minimum Gasteiger partial charge on any atom is -0.360 e. The van der Waals surface area contributed by atoms with E-state index in [0.717, 1.165) is 30.8 Å². The zero-order valence-corrected chi connectivity index (χ0v) is 15.7. The molecule has 5 nitrogen and oxygen atoms in total. The van der Waals surface area contributed by atoms with Crippen molar-refractivity contribution in [3.8, 4) is 0 Å². The minimum atomic E-state index is -4.46. The largest absolute Gasteiger partial charge is 0.417 e. The molecule has 2 N–H and O–H groups in total. The Morgan fingerprint density at radius 1 is 1.26 bits per heavy atom. The number of aromatic nitrogens is 2. The maximum Gasteiger partial charge on any atom is 0.417 e. The van der Waals surface area contributed by atoms with Gasteiger partial charge in [0.25, 0.3) is 0 Å². The van der Waals surface area contributed by atoms with Gasteiger partial charge in [0.2, 0.25) is 0 Å². The third-order valence-corrected chi connectivity index (χ3v) is 4.70. The van der Waals surface area contributed by atoms with Crippen LogP contribution in [0.1, 0.15) is 18.4 Å². The average molecular weight is 416 g/mol. The number of hydrogen-bond donors (Lipinski definition) is 2. The third-order valence-electron chi connectivity index (χ3n) is 4.20. The summed E-state index contributed by atoms with van der Waals surface area (Å²) in [4.78, 5) is 9.82. The second-order valence-corrected chi connectivity index (χ2v) is 6.94. The predicted molar refractivity (Wildman–Crippen MR) is 103 cm³/mol. The summed E-state index contributed by atoms with van der Waals surface area (Å²) < 4.78 is 38.2. The highest BCUT2D eigenvalue weighted by atomic mass is 35.5. The Bertz CT molecular complexity index is 795. The molecule has 0 aromatic carbocycles. The normalized spacial score (nSPS) is 15.5. The molecule has 1 aliphatic heterocycles. The molecule has 0 bridgehead atoms. The number of piperidine rings is 1. The van der Waals surface area contributed by atoms with Gasteiger partial charge in [0.15, 0.2) is 5.11 Å². The van der Waals surface area contributed by atoms with Crippen LogP contribution in [0.25, 0.3) is 0 Å². The van der Waals surface area contributed by atoms with E-state index in [1.807, 2.05) is 17.0 Å². The molecule has 1 aliphatic rings. The Hall–Kier alpha value is -2.13. The molecule has 0 amide bonds. The fourth-order valence-corrected chi connectivity index (χ4v) is 3.41. The number of hydrogen-bond acceptors (Lipinski definition) is 4. The zero-order valence-electron chi connectivity index (χ0n) is 14.1. The lowest BCUT2D eigenvalue weighted by atomic mass is 10.1. The van der Waals surface area contributed by atoms with Crippen LogP contribution < -0.4 is 15.5 Å². The first-order valence-electron chi connectivity index (χ1n) is 8.28. The summed E-state index contributed by atoms with van der Waals surface area (Å²) >= 11 is 11.3. The highest BCUT2D eigenvalue weighted by molar-refractivity contribution is 7.80. The van der Waals surface area contributed by atoms with E-state index in [4.69, 9.17) is 23.8 Å². The highest BCUT2D eigenvalue weighted by Crippen LogP contribution is 2.34. The van der Waals surface area contributed by atoms with Crippen molar-refractivity contribution in [2.24, 2.45) is 0 Å². The van der Waals surface area contributed by atoms with Crippen molar-refractivity contribution >= 4 is 40.4 Å². The van der Waals surface area contributed by atoms with Crippen molar-refractivity contribution in [2.45, 2.75) is 25.1 Å². The van der Waals surface area contributed by atoms with E-state index in [-0.39, 0.29) is 11.1 Å². The van der Waals surface area contributed by atoms with E-state index >= 15 is 0 Å². The van der Waals surface area contributed by atoms with E-state index in [0.29, 0.717) is 24.0 Å². The summed E-state index contributed by atoms with van der Waals surface area (Å²) in [6.45, 7) is 1.23. The molecular formula is C17H17ClF3N5S. The molecule has 3 rings (SSSR count). The number of thiocarbonyl (C=S) groups is 1. The molecular weight excluding hydrogens is 399 g/mol. The van der Waals surface area contributed by atoms with E-state index in [1.54, 1.807) is 12.4 Å². The number of nitrogens with zero attached hydrogens (tertiary/aromatic N) is 3. The fraction of sp³-hybridized carbons (Fsp3) is 0.353. The molecule has 1 saturated heterocycles. The molecule has 3 heterocycles. The first-order valence-corrected chi connectivity index (χ1v) is 9.07. The Kier molecular flexibility index (Phi) is 6.01. The topological polar surface area (TPSA) is 53.1 Å². The Labute approximate surface area is 164 Å². The summed E-state index contributed by atoms with van der Waals surface area (Å²) in [5, 5.41) is 6.82. The van der Waals surface area contributed by atoms with Crippen molar-refractivity contribution < 1.29 is 13.2 Å². The van der Waals surface area contributed by atoms with Gasteiger partial charge in [0.05, 0.1) is 22.5 Å². The Morgan fingerprint density at radius 2 is 2.00 bits per heavy atom. The lowest BCUT2D eigenvalue weighted by Gasteiger charge is -2.34. The van der Waals surface area contributed by atoms with Gasteiger partial charge in [-0.05, 0) is 43.3 Å². The molecule has 0 saturated carbocycles. The summed E-state index contributed by atoms with van der Waals surface area (Å²) in [5.74, 6) is 0.374. The Balaban J connectivity index is 1.54. The molecule has 0 spiro atoms. The molecule has 2 aromatic rings. The van der Waals surface area contributed by atoms with E-state index in [2.05, 4.69) is 20.6 Å². The maximum absolute atomic E-state index is 12.7. The summed E-state index contributed by atoms with van der Waals surface area (Å²) in [6, 6.07) is 4.75. The number of alkyl halides is 3. The lowest BCUT2D eigenvalue weighted by molar-refractivity contribution is -0.137. The molecule has 1 fully saturated rings. The second-order valence-electron chi connectivity index (χ2n) is 6.13. The monoisotopic (exact) mass is 415 g/mol. The number of nitrogens with one attached hydrogen (secondary N) is 2. The molecule has 10 heteroatoms. The highest BCUT2D eigenvalue weighted by Gasteiger charge is 2.32. The average Bonchev–Trinajstić information content (AvgIpc) is 2.62. The van der Waals surface area contributed by atoms with Gasteiger partial charge >= 0.3 is 6.18 Å². The van der Waals surface area contributed by atoms with Gasteiger partial charge in [-0.15, -0.1) is 0 Å². The quantitative estimate of drug-likeness (QED) is 0.736. The van der Waals surface area contributed by atoms with Crippen LogP contribution in [0.3, 0.4) is 0 Å². The van der Waals surface area contributed by atoms with Gasteiger partial charge in [-0.2, -0.15) is 13.2 Å². The van der Waals surface area contributed by atoms with E-state index < -0.39 is 11.7 Å².